The number of aromatic nitrogens is 1. The third-order valence-electron chi connectivity index (χ3n) is 6.31. The van der Waals surface area contributed by atoms with Gasteiger partial charge in [-0.2, -0.15) is 0 Å². The van der Waals surface area contributed by atoms with E-state index in [0.717, 1.165) is 29.6 Å². The first-order valence-corrected chi connectivity index (χ1v) is 13.1. The van der Waals surface area contributed by atoms with Crippen molar-refractivity contribution in [3.8, 4) is 10.4 Å². The van der Waals surface area contributed by atoms with Crippen molar-refractivity contribution >= 4 is 28.2 Å². The number of hydrogen-bond donors (Lipinski definition) is 1. The van der Waals surface area contributed by atoms with Gasteiger partial charge in [0.2, 0.25) is 0 Å². The lowest BCUT2D eigenvalue weighted by Gasteiger charge is -2.30. The van der Waals surface area contributed by atoms with Crippen LogP contribution < -0.4 is 4.90 Å². The summed E-state index contributed by atoms with van der Waals surface area (Å²) in [7, 11) is 0. The minimum Gasteiger partial charge on any atom is -0.616 e. The topological polar surface area (TPSA) is 59.4 Å². The summed E-state index contributed by atoms with van der Waals surface area (Å²) in [5.74, 6) is 2.63. The SMILES string of the molecule is CC1CCCC[C@H]1c1nc(C(C)(C)O)sc1-c1ccc(N2CC[S+]([O-])CC2)cc1. The number of rotatable bonds is 4. The quantitative estimate of drug-likeness (QED) is 0.698. The first-order chi connectivity index (χ1) is 13.8. The van der Waals surface area contributed by atoms with E-state index >= 15 is 0 Å². The van der Waals surface area contributed by atoms with Gasteiger partial charge in [0.1, 0.15) is 22.1 Å². The predicted molar refractivity (Wildman–Crippen MR) is 123 cm³/mol. The van der Waals surface area contributed by atoms with E-state index in [1.54, 1.807) is 11.3 Å². The maximum absolute atomic E-state index is 11.6. The van der Waals surface area contributed by atoms with Crippen LogP contribution in [0, 0.1) is 5.92 Å². The van der Waals surface area contributed by atoms with Crippen LogP contribution in [0.5, 0.6) is 0 Å². The molecular weight excluding hydrogens is 400 g/mol. The average Bonchev–Trinajstić information content (AvgIpc) is 3.15. The fraction of sp³-hybridized carbons (Fsp3) is 0.609. The van der Waals surface area contributed by atoms with Gasteiger partial charge >= 0.3 is 0 Å². The fourth-order valence-electron chi connectivity index (χ4n) is 4.49. The number of benzene rings is 1. The Labute approximate surface area is 181 Å². The van der Waals surface area contributed by atoms with Crippen molar-refractivity contribution in [2.75, 3.05) is 29.5 Å². The molecule has 2 aliphatic rings. The molecule has 158 valence electrons. The monoisotopic (exact) mass is 432 g/mol. The van der Waals surface area contributed by atoms with Gasteiger partial charge in [0, 0.05) is 11.6 Å². The molecule has 1 unspecified atom stereocenters. The van der Waals surface area contributed by atoms with E-state index in [9.17, 15) is 9.66 Å². The van der Waals surface area contributed by atoms with Crippen LogP contribution in [0.1, 0.15) is 63.1 Å². The Bertz CT molecular complexity index is 820. The molecular formula is C23H32N2O2S2. The summed E-state index contributed by atoms with van der Waals surface area (Å²) in [4.78, 5) is 8.52. The van der Waals surface area contributed by atoms with Crippen LogP contribution in [0.2, 0.25) is 0 Å². The Morgan fingerprint density at radius 1 is 1.14 bits per heavy atom. The summed E-state index contributed by atoms with van der Waals surface area (Å²) in [6.45, 7) is 7.72. The van der Waals surface area contributed by atoms with Crippen molar-refractivity contribution in [3.05, 3.63) is 35.0 Å². The van der Waals surface area contributed by atoms with Crippen LogP contribution in [-0.4, -0.2) is 39.2 Å². The first kappa shape index (κ1) is 21.2. The Hall–Kier alpha value is -1.08. The van der Waals surface area contributed by atoms with Crippen LogP contribution in [-0.2, 0) is 16.8 Å². The number of anilines is 1. The molecule has 2 fully saturated rings. The summed E-state index contributed by atoms with van der Waals surface area (Å²) in [6, 6.07) is 8.75. The minimum atomic E-state index is -0.918. The largest absolute Gasteiger partial charge is 0.616 e. The molecule has 2 aromatic rings. The summed E-state index contributed by atoms with van der Waals surface area (Å²) in [6.07, 6.45) is 5.02. The lowest BCUT2D eigenvalue weighted by Crippen LogP contribution is -2.40. The zero-order valence-corrected chi connectivity index (χ0v) is 19.3. The number of aliphatic hydroxyl groups is 1. The molecule has 29 heavy (non-hydrogen) atoms. The van der Waals surface area contributed by atoms with Gasteiger partial charge in [-0.25, -0.2) is 4.98 Å². The third-order valence-corrected chi connectivity index (χ3v) is 9.02. The van der Waals surface area contributed by atoms with Crippen molar-refractivity contribution in [1.29, 1.82) is 0 Å². The van der Waals surface area contributed by atoms with Gasteiger partial charge in [0.15, 0.2) is 0 Å². The maximum Gasteiger partial charge on any atom is 0.125 e. The molecule has 0 radical (unpaired) electrons. The molecule has 6 heteroatoms. The lowest BCUT2D eigenvalue weighted by atomic mass is 9.78. The lowest BCUT2D eigenvalue weighted by molar-refractivity contribution is 0.0779. The molecule has 0 spiro atoms. The highest BCUT2D eigenvalue weighted by atomic mass is 32.2. The van der Waals surface area contributed by atoms with E-state index in [0.29, 0.717) is 11.8 Å². The Kier molecular flexibility index (Phi) is 6.26. The third kappa shape index (κ3) is 4.66. The second-order valence-electron chi connectivity index (χ2n) is 9.04. The van der Waals surface area contributed by atoms with E-state index < -0.39 is 16.8 Å². The van der Waals surface area contributed by atoms with Gasteiger partial charge < -0.3 is 14.6 Å². The number of nitrogens with zero attached hydrogens (tertiary/aromatic N) is 2. The highest BCUT2D eigenvalue weighted by molar-refractivity contribution is 7.91. The van der Waals surface area contributed by atoms with Crippen LogP contribution in [0.3, 0.4) is 0 Å². The molecule has 1 saturated carbocycles. The van der Waals surface area contributed by atoms with Crippen LogP contribution in [0.25, 0.3) is 10.4 Å². The number of thiazole rings is 1. The predicted octanol–water partition coefficient (Wildman–Crippen LogP) is 4.90. The van der Waals surface area contributed by atoms with E-state index in [1.807, 2.05) is 13.8 Å². The summed E-state index contributed by atoms with van der Waals surface area (Å²) < 4.78 is 11.6. The average molecular weight is 433 g/mol. The summed E-state index contributed by atoms with van der Waals surface area (Å²) in [5, 5.41) is 11.4. The zero-order chi connectivity index (χ0) is 20.6. The van der Waals surface area contributed by atoms with Gasteiger partial charge in [0.05, 0.1) is 23.7 Å². The van der Waals surface area contributed by atoms with Crippen molar-refractivity contribution in [3.63, 3.8) is 0 Å². The normalized spacial score (nSPS) is 24.1. The van der Waals surface area contributed by atoms with Gasteiger partial charge in [-0.3, -0.25) is 0 Å². The van der Waals surface area contributed by atoms with E-state index in [2.05, 4.69) is 36.1 Å². The summed E-state index contributed by atoms with van der Waals surface area (Å²) >= 11 is 0.986. The molecule has 2 atom stereocenters. The molecule has 1 aromatic heterocycles. The van der Waals surface area contributed by atoms with Crippen LogP contribution in [0.15, 0.2) is 24.3 Å². The Morgan fingerprint density at radius 2 is 1.79 bits per heavy atom. The highest BCUT2D eigenvalue weighted by Crippen LogP contribution is 2.45. The van der Waals surface area contributed by atoms with Crippen molar-refractivity contribution in [2.45, 2.75) is 58.0 Å². The molecule has 1 aromatic carbocycles. The van der Waals surface area contributed by atoms with E-state index in [4.69, 9.17) is 4.98 Å². The van der Waals surface area contributed by atoms with E-state index in [-0.39, 0.29) is 0 Å². The fourth-order valence-corrected chi connectivity index (χ4v) is 6.69. The summed E-state index contributed by atoms with van der Waals surface area (Å²) in [5.41, 5.74) is 2.65. The molecule has 4 rings (SSSR count). The van der Waals surface area contributed by atoms with Crippen molar-refractivity contribution < 1.29 is 9.66 Å². The standard InChI is InChI=1S/C23H32N2O2S2/c1-16-6-4-5-7-19(16)20-21(28-22(24-20)23(2,3)26)17-8-10-18(11-9-17)25-12-14-29(27)15-13-25/h8-11,16,19,26H,4-7,12-15H2,1-3H3/t16?,19-/m1/s1. The second-order valence-corrected chi connectivity index (χ2v) is 11.7. The smallest absolute Gasteiger partial charge is 0.125 e. The van der Waals surface area contributed by atoms with Crippen LogP contribution in [0.4, 0.5) is 5.69 Å². The molecule has 1 aliphatic carbocycles. The van der Waals surface area contributed by atoms with Gasteiger partial charge in [-0.15, -0.1) is 11.3 Å². The first-order valence-electron chi connectivity index (χ1n) is 10.8. The minimum absolute atomic E-state index is 0.475. The molecule has 1 N–H and O–H groups in total. The molecule has 2 heterocycles. The van der Waals surface area contributed by atoms with Crippen molar-refractivity contribution in [2.24, 2.45) is 5.92 Å². The zero-order valence-electron chi connectivity index (χ0n) is 17.7. The Morgan fingerprint density at radius 3 is 2.41 bits per heavy atom. The molecule has 4 nitrogen and oxygen atoms in total. The highest BCUT2D eigenvalue weighted by Gasteiger charge is 2.31. The van der Waals surface area contributed by atoms with Gasteiger partial charge in [-0.1, -0.05) is 49.5 Å². The second kappa shape index (κ2) is 8.58. The van der Waals surface area contributed by atoms with E-state index in [1.165, 1.54) is 47.5 Å². The maximum atomic E-state index is 11.6. The molecule has 1 aliphatic heterocycles. The molecule has 0 amide bonds. The number of hydrogen-bond acceptors (Lipinski definition) is 5. The molecule has 0 bridgehead atoms. The van der Waals surface area contributed by atoms with Gasteiger partial charge in [0.25, 0.3) is 0 Å². The van der Waals surface area contributed by atoms with Gasteiger partial charge in [-0.05, 0) is 43.9 Å². The van der Waals surface area contributed by atoms with Crippen LogP contribution >= 0.6 is 11.3 Å². The Balaban J connectivity index is 1.65. The molecule has 1 saturated heterocycles. The van der Waals surface area contributed by atoms with Crippen molar-refractivity contribution in [1.82, 2.24) is 4.98 Å².